The van der Waals surface area contributed by atoms with E-state index in [1.807, 2.05) is 0 Å². The maximum Gasteiger partial charge on any atom is 0.306 e. The van der Waals surface area contributed by atoms with E-state index >= 15 is 0 Å². The largest absolute Gasteiger partial charge is 0.462 e. The van der Waals surface area contributed by atoms with E-state index in [2.05, 4.69) is 81.5 Å². The lowest BCUT2D eigenvalue weighted by Gasteiger charge is -2.18. The third kappa shape index (κ3) is 42.3. The molecule has 0 spiro atoms. The lowest BCUT2D eigenvalue weighted by Crippen LogP contribution is -2.30. The van der Waals surface area contributed by atoms with E-state index in [0.717, 1.165) is 96.3 Å². The van der Waals surface area contributed by atoms with Crippen molar-refractivity contribution in [3.63, 3.8) is 0 Å². The molecular formula is C50H86O6. The average Bonchev–Trinajstić information content (AvgIpc) is 3.19. The highest BCUT2D eigenvalue weighted by Crippen LogP contribution is 2.13. The summed E-state index contributed by atoms with van der Waals surface area (Å²) in [6, 6.07) is 0. The van der Waals surface area contributed by atoms with Gasteiger partial charge >= 0.3 is 17.9 Å². The van der Waals surface area contributed by atoms with Gasteiger partial charge in [-0.3, -0.25) is 14.4 Å². The molecular weight excluding hydrogens is 697 g/mol. The number of carbonyl (C=O) groups excluding carboxylic acids is 3. The molecule has 0 aromatic heterocycles. The molecule has 0 heterocycles. The van der Waals surface area contributed by atoms with Gasteiger partial charge in [-0.25, -0.2) is 0 Å². The van der Waals surface area contributed by atoms with Crippen molar-refractivity contribution in [1.29, 1.82) is 0 Å². The van der Waals surface area contributed by atoms with E-state index in [1.165, 1.54) is 83.5 Å². The van der Waals surface area contributed by atoms with E-state index in [-0.39, 0.29) is 31.1 Å². The van der Waals surface area contributed by atoms with Crippen LogP contribution in [0.4, 0.5) is 0 Å². The van der Waals surface area contributed by atoms with Crippen molar-refractivity contribution in [2.24, 2.45) is 0 Å². The molecule has 0 aliphatic heterocycles. The summed E-state index contributed by atoms with van der Waals surface area (Å²) in [5.41, 5.74) is 0. The Labute approximate surface area is 345 Å². The van der Waals surface area contributed by atoms with Gasteiger partial charge in [0.1, 0.15) is 13.2 Å². The van der Waals surface area contributed by atoms with E-state index in [1.54, 1.807) is 0 Å². The van der Waals surface area contributed by atoms with Crippen molar-refractivity contribution < 1.29 is 28.6 Å². The highest BCUT2D eigenvalue weighted by atomic mass is 16.6. The van der Waals surface area contributed by atoms with Crippen LogP contribution in [0.15, 0.2) is 60.8 Å². The van der Waals surface area contributed by atoms with Crippen LogP contribution < -0.4 is 0 Å². The van der Waals surface area contributed by atoms with E-state index < -0.39 is 6.10 Å². The second-order valence-corrected chi connectivity index (χ2v) is 15.3. The number of hydrogen-bond acceptors (Lipinski definition) is 6. The molecule has 56 heavy (non-hydrogen) atoms. The van der Waals surface area contributed by atoms with Gasteiger partial charge in [0.15, 0.2) is 6.10 Å². The van der Waals surface area contributed by atoms with Gasteiger partial charge in [-0.1, -0.05) is 178 Å². The molecule has 0 N–H and O–H groups in total. The minimum absolute atomic E-state index is 0.0897. The van der Waals surface area contributed by atoms with Crippen molar-refractivity contribution >= 4 is 17.9 Å². The van der Waals surface area contributed by atoms with Crippen LogP contribution in [0.5, 0.6) is 0 Å². The standard InChI is InChI=1S/C50H86O6/c1-4-7-10-13-16-19-22-24-25-27-28-31-34-37-40-43-49(52)55-46-47(45-54-48(51)42-39-36-33-30-21-18-15-12-9-6-3)56-50(53)44-41-38-35-32-29-26-23-20-17-14-11-8-5-2/h7,10,16,19-20,23-25,28,31,47H,4-6,8-9,11-15,17-18,21-22,26-27,29-30,32-46H2,1-3H3/b10-7-,19-16-,23-20-,25-24-,31-28-. The number of carbonyl (C=O) groups is 3. The fourth-order valence-electron chi connectivity index (χ4n) is 6.25. The highest BCUT2D eigenvalue weighted by Gasteiger charge is 2.19. The Balaban J connectivity index is 4.45. The SMILES string of the molecule is CC/C=C\C/C=C\C/C=C\C/C=C\CCCCC(=O)OCC(COC(=O)CCCCCCCCCCCC)OC(=O)CCCCCCC/C=C\CCCCCC. The molecule has 0 radical (unpaired) electrons. The Bertz CT molecular complexity index is 1040. The van der Waals surface area contributed by atoms with Gasteiger partial charge in [0.25, 0.3) is 0 Å². The smallest absolute Gasteiger partial charge is 0.306 e. The predicted octanol–water partition coefficient (Wildman–Crippen LogP) is 14.9. The number of hydrogen-bond donors (Lipinski definition) is 0. The predicted molar refractivity (Wildman–Crippen MR) is 238 cm³/mol. The summed E-state index contributed by atoms with van der Waals surface area (Å²) in [5, 5.41) is 0. The molecule has 322 valence electrons. The maximum absolute atomic E-state index is 12.7. The minimum Gasteiger partial charge on any atom is -0.462 e. The molecule has 0 amide bonds. The first-order valence-corrected chi connectivity index (χ1v) is 23.3. The first-order valence-electron chi connectivity index (χ1n) is 23.3. The monoisotopic (exact) mass is 783 g/mol. The van der Waals surface area contributed by atoms with Crippen LogP contribution >= 0.6 is 0 Å². The molecule has 6 nitrogen and oxygen atoms in total. The van der Waals surface area contributed by atoms with Gasteiger partial charge in [-0.2, -0.15) is 0 Å². The number of ether oxygens (including phenoxy) is 3. The van der Waals surface area contributed by atoms with Gasteiger partial charge in [-0.05, 0) is 83.5 Å². The Kier molecular flexibility index (Phi) is 42.5. The summed E-state index contributed by atoms with van der Waals surface area (Å²) in [5.74, 6) is -0.945. The quantitative estimate of drug-likeness (QED) is 0.0266. The molecule has 0 aliphatic rings. The van der Waals surface area contributed by atoms with Crippen LogP contribution in [-0.4, -0.2) is 37.2 Å². The van der Waals surface area contributed by atoms with Gasteiger partial charge in [-0.15, -0.1) is 0 Å². The van der Waals surface area contributed by atoms with Crippen molar-refractivity contribution in [3.8, 4) is 0 Å². The lowest BCUT2D eigenvalue weighted by molar-refractivity contribution is -0.167. The van der Waals surface area contributed by atoms with Crippen LogP contribution in [-0.2, 0) is 28.6 Å². The lowest BCUT2D eigenvalue weighted by atomic mass is 10.1. The zero-order valence-electron chi connectivity index (χ0n) is 36.6. The number of allylic oxidation sites excluding steroid dienone is 10. The third-order valence-corrected chi connectivity index (χ3v) is 9.76. The highest BCUT2D eigenvalue weighted by molar-refractivity contribution is 5.71. The van der Waals surface area contributed by atoms with Crippen molar-refractivity contribution in [3.05, 3.63) is 60.8 Å². The summed E-state index contributed by atoms with van der Waals surface area (Å²) in [6.45, 7) is 6.44. The van der Waals surface area contributed by atoms with E-state index in [0.29, 0.717) is 19.3 Å². The zero-order chi connectivity index (χ0) is 40.8. The van der Waals surface area contributed by atoms with Crippen LogP contribution in [0, 0.1) is 0 Å². The van der Waals surface area contributed by atoms with E-state index in [4.69, 9.17) is 14.2 Å². The molecule has 0 aromatic rings. The molecule has 0 rings (SSSR count). The molecule has 6 heteroatoms. The van der Waals surface area contributed by atoms with Crippen LogP contribution in [0.2, 0.25) is 0 Å². The number of rotatable bonds is 41. The first kappa shape index (κ1) is 53.1. The van der Waals surface area contributed by atoms with Crippen LogP contribution in [0.25, 0.3) is 0 Å². The number of unbranched alkanes of at least 4 members (excludes halogenated alkanes) is 20. The average molecular weight is 783 g/mol. The van der Waals surface area contributed by atoms with Gasteiger partial charge in [0.05, 0.1) is 0 Å². The van der Waals surface area contributed by atoms with Crippen molar-refractivity contribution in [2.45, 2.75) is 226 Å². The summed E-state index contributed by atoms with van der Waals surface area (Å²) < 4.78 is 16.7. The third-order valence-electron chi connectivity index (χ3n) is 9.76. The van der Waals surface area contributed by atoms with Gasteiger partial charge in [0, 0.05) is 19.3 Å². The van der Waals surface area contributed by atoms with Crippen LogP contribution in [0.1, 0.15) is 220 Å². The summed E-state index contributed by atoms with van der Waals surface area (Å²) in [6.07, 6.45) is 53.4. The number of esters is 3. The molecule has 0 aliphatic carbocycles. The van der Waals surface area contributed by atoms with Crippen molar-refractivity contribution in [1.82, 2.24) is 0 Å². The molecule has 1 unspecified atom stereocenters. The molecule has 0 fully saturated rings. The van der Waals surface area contributed by atoms with E-state index in [9.17, 15) is 14.4 Å². The maximum atomic E-state index is 12.7. The Morgan fingerprint density at radius 2 is 0.696 bits per heavy atom. The second kappa shape index (κ2) is 44.8. The summed E-state index contributed by atoms with van der Waals surface area (Å²) in [7, 11) is 0. The van der Waals surface area contributed by atoms with Gasteiger partial charge in [0.2, 0.25) is 0 Å². The molecule has 0 saturated heterocycles. The Hall–Kier alpha value is -2.89. The molecule has 0 aromatic carbocycles. The van der Waals surface area contributed by atoms with Crippen LogP contribution in [0.3, 0.4) is 0 Å². The molecule has 0 saturated carbocycles. The summed E-state index contributed by atoms with van der Waals surface area (Å²) >= 11 is 0. The Morgan fingerprint density at radius 1 is 0.375 bits per heavy atom. The normalized spacial score (nSPS) is 12.6. The van der Waals surface area contributed by atoms with Crippen molar-refractivity contribution in [2.75, 3.05) is 13.2 Å². The Morgan fingerprint density at radius 3 is 1.16 bits per heavy atom. The molecule has 0 bridgehead atoms. The fourth-order valence-corrected chi connectivity index (χ4v) is 6.25. The fraction of sp³-hybridized carbons (Fsp3) is 0.740. The zero-order valence-corrected chi connectivity index (χ0v) is 36.6. The minimum atomic E-state index is -0.791. The van der Waals surface area contributed by atoms with Gasteiger partial charge < -0.3 is 14.2 Å². The second-order valence-electron chi connectivity index (χ2n) is 15.3. The topological polar surface area (TPSA) is 78.9 Å². The summed E-state index contributed by atoms with van der Waals surface area (Å²) in [4.78, 5) is 37.7. The first-order chi connectivity index (χ1) is 27.5. The molecule has 1 atom stereocenters.